The molecule has 0 N–H and O–H groups in total. The molecule has 0 radical (unpaired) electrons. The molecule has 20 heavy (non-hydrogen) atoms. The van der Waals surface area contributed by atoms with Gasteiger partial charge >= 0.3 is 11.9 Å². The van der Waals surface area contributed by atoms with Crippen molar-refractivity contribution in [1.82, 2.24) is 15.1 Å². The summed E-state index contributed by atoms with van der Waals surface area (Å²) in [6.07, 6.45) is 0.478. The van der Waals surface area contributed by atoms with E-state index in [1.54, 1.807) is 19.1 Å². The third-order valence-electron chi connectivity index (χ3n) is 2.94. The predicted molar refractivity (Wildman–Crippen MR) is 69.0 cm³/mol. The fourth-order valence-electron chi connectivity index (χ4n) is 1.95. The van der Waals surface area contributed by atoms with E-state index in [1.807, 2.05) is 6.92 Å². The van der Waals surface area contributed by atoms with E-state index in [9.17, 15) is 9.59 Å². The Morgan fingerprint density at radius 2 is 2.20 bits per heavy atom. The Morgan fingerprint density at radius 3 is 2.85 bits per heavy atom. The first kappa shape index (κ1) is 14.2. The van der Waals surface area contributed by atoms with Crippen molar-refractivity contribution in [2.24, 2.45) is 0 Å². The Labute approximate surface area is 116 Å². The molecule has 1 aliphatic heterocycles. The molecule has 0 aromatic carbocycles. The van der Waals surface area contributed by atoms with Crippen molar-refractivity contribution in [2.45, 2.75) is 26.4 Å². The molecule has 2 rings (SSSR count). The van der Waals surface area contributed by atoms with E-state index in [1.165, 1.54) is 4.90 Å². The molecule has 0 spiro atoms. The first-order valence-corrected chi connectivity index (χ1v) is 6.53. The lowest BCUT2D eigenvalue weighted by atomic mass is 10.3. The first-order valence-electron chi connectivity index (χ1n) is 6.53. The average Bonchev–Trinajstić information content (AvgIpc) is 2.89. The van der Waals surface area contributed by atoms with Crippen LogP contribution in [0.4, 0.5) is 0 Å². The summed E-state index contributed by atoms with van der Waals surface area (Å²) < 4.78 is 10.3. The second kappa shape index (κ2) is 6.31. The number of aromatic nitrogens is 2. The number of amides is 1. The lowest BCUT2D eigenvalue weighted by Gasteiger charge is -2.15. The molecule has 1 atom stereocenters. The minimum Gasteiger partial charge on any atom is -0.471 e. The van der Waals surface area contributed by atoms with Crippen LogP contribution in [0, 0.1) is 6.92 Å². The zero-order valence-electron chi connectivity index (χ0n) is 11.5. The second-order valence-corrected chi connectivity index (χ2v) is 4.51. The van der Waals surface area contributed by atoms with Crippen LogP contribution in [0.2, 0.25) is 0 Å². The Bertz CT molecular complexity index is 489. The number of carbonyl (C=O) groups excluding carboxylic acids is 2. The third kappa shape index (κ3) is 3.43. The van der Waals surface area contributed by atoms with E-state index in [4.69, 9.17) is 4.74 Å². The molecule has 1 aromatic heterocycles. The standard InChI is InChI=1S/C13H17N3O4/c1-3-19-13(18)12(17)16-7-6-10(8-16)20-11-5-4-9(2)14-15-11/h4-5,10H,3,6-8H2,1-2H3. The van der Waals surface area contributed by atoms with E-state index in [0.717, 1.165) is 5.69 Å². The molecular formula is C13H17N3O4. The molecule has 0 saturated carbocycles. The number of hydrogen-bond acceptors (Lipinski definition) is 6. The number of carbonyl (C=O) groups is 2. The number of aryl methyl sites for hydroxylation is 1. The largest absolute Gasteiger partial charge is 0.471 e. The van der Waals surface area contributed by atoms with Gasteiger partial charge in [-0.2, -0.15) is 5.10 Å². The van der Waals surface area contributed by atoms with Gasteiger partial charge in [-0.25, -0.2) is 4.79 Å². The van der Waals surface area contributed by atoms with Crippen LogP contribution in [0.15, 0.2) is 12.1 Å². The Morgan fingerprint density at radius 1 is 1.40 bits per heavy atom. The van der Waals surface area contributed by atoms with E-state index in [0.29, 0.717) is 25.4 Å². The van der Waals surface area contributed by atoms with E-state index >= 15 is 0 Å². The van der Waals surface area contributed by atoms with Crippen molar-refractivity contribution >= 4 is 11.9 Å². The van der Waals surface area contributed by atoms with Crippen LogP contribution < -0.4 is 4.74 Å². The lowest BCUT2D eigenvalue weighted by molar-refractivity contribution is -0.159. The molecule has 2 heterocycles. The van der Waals surface area contributed by atoms with Crippen molar-refractivity contribution in [3.63, 3.8) is 0 Å². The Balaban J connectivity index is 1.87. The maximum Gasteiger partial charge on any atom is 0.397 e. The molecule has 0 aliphatic carbocycles. The minimum atomic E-state index is -0.816. The fraction of sp³-hybridized carbons (Fsp3) is 0.538. The van der Waals surface area contributed by atoms with Crippen molar-refractivity contribution < 1.29 is 19.1 Å². The maximum atomic E-state index is 11.7. The lowest BCUT2D eigenvalue weighted by Crippen LogP contribution is -2.37. The molecule has 7 heteroatoms. The maximum absolute atomic E-state index is 11.7. The molecule has 1 unspecified atom stereocenters. The van der Waals surface area contributed by atoms with E-state index in [2.05, 4.69) is 14.9 Å². The van der Waals surface area contributed by atoms with Crippen molar-refractivity contribution in [3.8, 4) is 5.88 Å². The van der Waals surface area contributed by atoms with Gasteiger partial charge in [-0.1, -0.05) is 0 Å². The number of likely N-dealkylation sites (tertiary alicyclic amines) is 1. The van der Waals surface area contributed by atoms with Crippen molar-refractivity contribution in [1.29, 1.82) is 0 Å². The van der Waals surface area contributed by atoms with Crippen LogP contribution in [0.1, 0.15) is 19.0 Å². The summed E-state index contributed by atoms with van der Waals surface area (Å²) in [5.74, 6) is -1.01. The van der Waals surface area contributed by atoms with Crippen molar-refractivity contribution in [2.75, 3.05) is 19.7 Å². The van der Waals surface area contributed by atoms with Gasteiger partial charge < -0.3 is 14.4 Å². The highest BCUT2D eigenvalue weighted by Gasteiger charge is 2.32. The van der Waals surface area contributed by atoms with Gasteiger partial charge in [-0.15, -0.1) is 5.10 Å². The number of hydrogen-bond donors (Lipinski definition) is 0. The minimum absolute atomic E-state index is 0.176. The highest BCUT2D eigenvalue weighted by molar-refractivity contribution is 6.32. The normalized spacial score (nSPS) is 17.9. The quantitative estimate of drug-likeness (QED) is 0.586. The summed E-state index contributed by atoms with van der Waals surface area (Å²) >= 11 is 0. The first-order chi connectivity index (χ1) is 9.60. The van der Waals surface area contributed by atoms with Crippen LogP contribution in [0.5, 0.6) is 5.88 Å². The highest BCUT2D eigenvalue weighted by atomic mass is 16.5. The Hall–Kier alpha value is -2.18. The smallest absolute Gasteiger partial charge is 0.397 e. The van der Waals surface area contributed by atoms with Gasteiger partial charge in [0.25, 0.3) is 0 Å². The molecule has 1 aliphatic rings. The average molecular weight is 279 g/mol. The van der Waals surface area contributed by atoms with Crippen LogP contribution in [0.25, 0.3) is 0 Å². The van der Waals surface area contributed by atoms with Crippen LogP contribution >= 0.6 is 0 Å². The molecule has 1 aromatic rings. The van der Waals surface area contributed by atoms with E-state index in [-0.39, 0.29) is 12.7 Å². The molecule has 0 bridgehead atoms. The predicted octanol–water partition coefficient (Wildman–Crippen LogP) is 0.328. The van der Waals surface area contributed by atoms with Gasteiger partial charge in [-0.05, 0) is 19.9 Å². The Kier molecular flexibility index (Phi) is 4.49. The molecule has 108 valence electrons. The fourth-order valence-corrected chi connectivity index (χ4v) is 1.95. The van der Waals surface area contributed by atoms with Crippen LogP contribution in [0.3, 0.4) is 0 Å². The SMILES string of the molecule is CCOC(=O)C(=O)N1CCC(Oc2ccc(C)nn2)C1. The van der Waals surface area contributed by atoms with Crippen LogP contribution in [-0.4, -0.2) is 52.8 Å². The summed E-state index contributed by atoms with van der Waals surface area (Å²) in [6.45, 7) is 4.52. The van der Waals surface area contributed by atoms with Gasteiger partial charge in [0.15, 0.2) is 0 Å². The number of rotatable bonds is 3. The van der Waals surface area contributed by atoms with Gasteiger partial charge in [0.05, 0.1) is 18.8 Å². The molecule has 7 nitrogen and oxygen atoms in total. The topological polar surface area (TPSA) is 81.6 Å². The van der Waals surface area contributed by atoms with Gasteiger partial charge in [0.1, 0.15) is 6.10 Å². The number of ether oxygens (including phenoxy) is 2. The third-order valence-corrected chi connectivity index (χ3v) is 2.94. The van der Waals surface area contributed by atoms with Crippen molar-refractivity contribution in [3.05, 3.63) is 17.8 Å². The van der Waals surface area contributed by atoms with E-state index < -0.39 is 11.9 Å². The number of esters is 1. The number of nitrogens with zero attached hydrogens (tertiary/aromatic N) is 3. The molecule has 1 fully saturated rings. The van der Waals surface area contributed by atoms with Gasteiger partial charge in [0, 0.05) is 19.0 Å². The van der Waals surface area contributed by atoms with Gasteiger partial charge in [-0.3, -0.25) is 4.79 Å². The molecular weight excluding hydrogens is 262 g/mol. The highest BCUT2D eigenvalue weighted by Crippen LogP contribution is 2.16. The molecule has 1 amide bonds. The summed E-state index contributed by atoms with van der Waals surface area (Å²) in [5, 5.41) is 7.81. The summed E-state index contributed by atoms with van der Waals surface area (Å²) in [7, 11) is 0. The zero-order chi connectivity index (χ0) is 14.5. The summed E-state index contributed by atoms with van der Waals surface area (Å²) in [5.41, 5.74) is 0.808. The summed E-state index contributed by atoms with van der Waals surface area (Å²) in [4.78, 5) is 24.5. The zero-order valence-corrected chi connectivity index (χ0v) is 11.5. The van der Waals surface area contributed by atoms with Crippen LogP contribution in [-0.2, 0) is 14.3 Å². The molecule has 1 saturated heterocycles. The van der Waals surface area contributed by atoms with Gasteiger partial charge in [0.2, 0.25) is 5.88 Å². The summed E-state index contributed by atoms with van der Waals surface area (Å²) in [6, 6.07) is 3.54. The monoisotopic (exact) mass is 279 g/mol. The second-order valence-electron chi connectivity index (χ2n) is 4.51.